The molecule has 1 amide bonds. The van der Waals surface area contributed by atoms with Crippen molar-refractivity contribution < 1.29 is 31.8 Å². The number of hydrazine groups is 1. The van der Waals surface area contributed by atoms with Crippen LogP contribution in [0.1, 0.15) is 26.2 Å². The summed E-state index contributed by atoms with van der Waals surface area (Å²) in [6.45, 7) is 1.56. The highest BCUT2D eigenvalue weighted by molar-refractivity contribution is 5.81. The molecular weight excluding hydrogens is 410 g/mol. The molecule has 0 aromatic carbocycles. The Bertz CT molecular complexity index is 904. The van der Waals surface area contributed by atoms with E-state index in [2.05, 4.69) is 25.8 Å². The lowest BCUT2D eigenvalue weighted by Gasteiger charge is -2.42. The smallest absolute Gasteiger partial charge is 0.428 e. The van der Waals surface area contributed by atoms with Crippen LogP contribution >= 0.6 is 0 Å². The quantitative estimate of drug-likeness (QED) is 0.516. The van der Waals surface area contributed by atoms with E-state index >= 15 is 0 Å². The maximum absolute atomic E-state index is 14.3. The number of carbonyl (C=O) groups is 1. The summed E-state index contributed by atoms with van der Waals surface area (Å²) in [7, 11) is 1.39. The zero-order valence-corrected chi connectivity index (χ0v) is 16.1. The lowest BCUT2D eigenvalue weighted by Crippen LogP contribution is -2.55. The molecule has 2 aromatic heterocycles. The van der Waals surface area contributed by atoms with Crippen molar-refractivity contribution >= 4 is 11.7 Å². The Balaban J connectivity index is 1.68. The highest BCUT2D eigenvalue weighted by Crippen LogP contribution is 2.48. The van der Waals surface area contributed by atoms with Crippen LogP contribution in [-0.2, 0) is 9.53 Å². The van der Waals surface area contributed by atoms with Crippen LogP contribution in [0.3, 0.4) is 0 Å². The van der Waals surface area contributed by atoms with Crippen molar-refractivity contribution in [2.24, 2.45) is 0 Å². The van der Waals surface area contributed by atoms with Crippen molar-refractivity contribution in [2.45, 2.75) is 44.1 Å². The second kappa shape index (κ2) is 8.38. The topological polar surface area (TPSA) is 98.3 Å². The van der Waals surface area contributed by atoms with Crippen LogP contribution in [-0.4, -0.2) is 45.9 Å². The Morgan fingerprint density at radius 3 is 2.43 bits per heavy atom. The maximum Gasteiger partial charge on any atom is 0.428 e. The van der Waals surface area contributed by atoms with E-state index in [1.54, 1.807) is 6.92 Å². The molecule has 1 aliphatic carbocycles. The third-order valence-corrected chi connectivity index (χ3v) is 4.76. The van der Waals surface area contributed by atoms with Gasteiger partial charge in [0, 0.05) is 18.9 Å². The molecule has 0 bridgehead atoms. The number of amides is 1. The number of nitrogens with zero attached hydrogens (tertiary/aromatic N) is 3. The molecule has 0 saturated heterocycles. The highest BCUT2D eigenvalue weighted by atomic mass is 19.4. The molecule has 12 heteroatoms. The second-order valence-corrected chi connectivity index (χ2v) is 6.74. The van der Waals surface area contributed by atoms with Gasteiger partial charge in [0.1, 0.15) is 6.10 Å². The van der Waals surface area contributed by atoms with E-state index in [4.69, 9.17) is 9.47 Å². The number of pyridine rings is 1. The summed E-state index contributed by atoms with van der Waals surface area (Å²) < 4.78 is 63.7. The van der Waals surface area contributed by atoms with Crippen molar-refractivity contribution in [1.82, 2.24) is 20.4 Å². The molecule has 1 fully saturated rings. The Morgan fingerprint density at radius 1 is 1.20 bits per heavy atom. The number of nitrogens with one attached hydrogen (secondary N) is 2. The number of hydrogen-bond acceptors (Lipinski definition) is 7. The first-order chi connectivity index (χ1) is 14.1. The van der Waals surface area contributed by atoms with E-state index in [9.17, 15) is 22.4 Å². The average Bonchev–Trinajstić information content (AvgIpc) is 2.68. The Labute approximate surface area is 169 Å². The molecule has 0 aliphatic heterocycles. The first kappa shape index (κ1) is 21.7. The monoisotopic (exact) mass is 429 g/mol. The molecule has 8 nitrogen and oxygen atoms in total. The Morgan fingerprint density at radius 2 is 1.93 bits per heavy atom. The van der Waals surface area contributed by atoms with Crippen molar-refractivity contribution in [3.05, 3.63) is 30.5 Å². The average molecular weight is 429 g/mol. The summed E-state index contributed by atoms with van der Waals surface area (Å²) in [5, 5.41) is 0. The Hall–Kier alpha value is -3.02. The molecule has 2 N–H and O–H groups in total. The van der Waals surface area contributed by atoms with Crippen molar-refractivity contribution in [2.75, 3.05) is 12.5 Å². The second-order valence-electron chi connectivity index (χ2n) is 6.74. The zero-order valence-electron chi connectivity index (χ0n) is 16.1. The van der Waals surface area contributed by atoms with Gasteiger partial charge in [-0.2, -0.15) is 13.2 Å². The number of hydrogen-bond donors (Lipinski definition) is 2. The van der Waals surface area contributed by atoms with Gasteiger partial charge in [0.2, 0.25) is 5.60 Å². The van der Waals surface area contributed by atoms with Crippen LogP contribution in [0.5, 0.6) is 5.88 Å². The van der Waals surface area contributed by atoms with Crippen molar-refractivity contribution in [3.8, 4) is 17.1 Å². The fourth-order valence-electron chi connectivity index (χ4n) is 2.64. The third-order valence-electron chi connectivity index (χ3n) is 4.76. The predicted molar refractivity (Wildman–Crippen MR) is 96.7 cm³/mol. The van der Waals surface area contributed by atoms with E-state index in [1.807, 2.05) is 0 Å². The maximum atomic E-state index is 14.3. The molecule has 0 radical (unpaired) electrons. The first-order valence-corrected chi connectivity index (χ1v) is 8.97. The van der Waals surface area contributed by atoms with Gasteiger partial charge in [0.15, 0.2) is 11.6 Å². The van der Waals surface area contributed by atoms with Crippen LogP contribution < -0.4 is 15.6 Å². The molecule has 1 aliphatic rings. The largest absolute Gasteiger partial charge is 0.459 e. The number of carbonyl (C=O) groups excluding carboxylic acids is 1. The van der Waals surface area contributed by atoms with Gasteiger partial charge in [-0.15, -0.1) is 0 Å². The van der Waals surface area contributed by atoms with Gasteiger partial charge in [0.25, 0.3) is 11.8 Å². The summed E-state index contributed by atoms with van der Waals surface area (Å²) in [6.07, 6.45) is -1.69. The number of rotatable bonds is 7. The number of aromatic nitrogens is 3. The SMILES string of the molecule is COC(C)C(=O)NNc1cnc(-c2cnc(OC3(C(F)(F)F)CCC3)c(F)c2)cn1. The number of ether oxygens (including phenoxy) is 2. The van der Waals surface area contributed by atoms with Crippen LogP contribution in [0.4, 0.5) is 23.4 Å². The lowest BCUT2D eigenvalue weighted by atomic mass is 9.79. The van der Waals surface area contributed by atoms with Gasteiger partial charge in [-0.1, -0.05) is 0 Å². The fraction of sp³-hybridized carbons (Fsp3) is 0.444. The molecule has 3 rings (SSSR count). The fourth-order valence-corrected chi connectivity index (χ4v) is 2.64. The number of anilines is 1. The molecule has 0 spiro atoms. The van der Waals surface area contributed by atoms with Gasteiger partial charge in [-0.3, -0.25) is 20.6 Å². The van der Waals surface area contributed by atoms with Crippen LogP contribution in [0.15, 0.2) is 24.7 Å². The van der Waals surface area contributed by atoms with Crippen molar-refractivity contribution in [1.29, 1.82) is 0 Å². The minimum atomic E-state index is -4.61. The summed E-state index contributed by atoms with van der Waals surface area (Å²) in [4.78, 5) is 23.4. The molecular formula is C18H19F4N5O3. The van der Waals surface area contributed by atoms with Crippen LogP contribution in [0, 0.1) is 5.82 Å². The number of halogens is 4. The van der Waals surface area contributed by atoms with Crippen LogP contribution in [0.25, 0.3) is 11.3 Å². The van der Waals surface area contributed by atoms with Gasteiger partial charge in [-0.25, -0.2) is 14.4 Å². The highest BCUT2D eigenvalue weighted by Gasteiger charge is 2.61. The molecule has 2 heterocycles. The molecule has 2 aromatic rings. The third kappa shape index (κ3) is 4.42. The molecule has 1 saturated carbocycles. The number of methoxy groups -OCH3 is 1. The van der Waals surface area contributed by atoms with E-state index in [-0.39, 0.29) is 29.9 Å². The number of alkyl halides is 3. The molecule has 30 heavy (non-hydrogen) atoms. The minimum absolute atomic E-state index is 0.200. The lowest BCUT2D eigenvalue weighted by molar-refractivity contribution is -0.275. The van der Waals surface area contributed by atoms with Gasteiger partial charge < -0.3 is 9.47 Å². The van der Waals surface area contributed by atoms with E-state index in [0.29, 0.717) is 6.42 Å². The van der Waals surface area contributed by atoms with E-state index < -0.39 is 35.5 Å². The summed E-state index contributed by atoms with van der Waals surface area (Å²) in [6, 6.07) is 0.976. The Kier molecular flexibility index (Phi) is 6.06. The van der Waals surface area contributed by atoms with Gasteiger partial charge in [-0.05, 0) is 32.3 Å². The molecule has 162 valence electrons. The summed E-state index contributed by atoms with van der Waals surface area (Å²) in [5.41, 5.74) is 2.95. The van der Waals surface area contributed by atoms with Crippen molar-refractivity contribution in [3.63, 3.8) is 0 Å². The molecule has 1 unspecified atom stereocenters. The van der Waals surface area contributed by atoms with E-state index in [0.717, 1.165) is 12.3 Å². The normalized spacial score (nSPS) is 16.3. The zero-order chi connectivity index (χ0) is 21.9. The molecule has 1 atom stereocenters. The van der Waals surface area contributed by atoms with E-state index in [1.165, 1.54) is 19.5 Å². The van der Waals surface area contributed by atoms with Gasteiger partial charge in [0.05, 0.1) is 18.1 Å². The first-order valence-electron chi connectivity index (χ1n) is 8.97. The summed E-state index contributed by atoms with van der Waals surface area (Å²) >= 11 is 0. The predicted octanol–water partition coefficient (Wildman–Crippen LogP) is 3.02. The standard InChI is InChI=1S/C18H19F4N5O3/c1-10(29-2)15(28)27-26-14-9-23-13(8-24-14)11-6-12(19)16(25-7-11)30-17(4-3-5-17)18(20,21)22/h6-10H,3-5H2,1-2H3,(H,24,26)(H,27,28). The van der Waals surface area contributed by atoms with Crippen LogP contribution in [0.2, 0.25) is 0 Å². The minimum Gasteiger partial charge on any atom is -0.459 e. The summed E-state index contributed by atoms with van der Waals surface area (Å²) in [5.74, 6) is -1.96. The van der Waals surface area contributed by atoms with Gasteiger partial charge >= 0.3 is 6.18 Å².